The van der Waals surface area contributed by atoms with E-state index in [4.69, 9.17) is 19.1 Å². The van der Waals surface area contributed by atoms with Gasteiger partial charge < -0.3 is 14.3 Å². The van der Waals surface area contributed by atoms with E-state index in [1.165, 1.54) is 0 Å². The molecular formula is C22H20N2O5. The van der Waals surface area contributed by atoms with E-state index in [1.807, 2.05) is 42.5 Å². The molecule has 0 bridgehead atoms. The molecule has 29 heavy (non-hydrogen) atoms. The number of methoxy groups -OCH3 is 1. The Balaban J connectivity index is 1.76. The second-order valence-electron chi connectivity index (χ2n) is 7.03. The third kappa shape index (κ3) is 3.28. The van der Waals surface area contributed by atoms with Crippen molar-refractivity contribution in [2.75, 3.05) is 13.7 Å². The van der Waals surface area contributed by atoms with Crippen LogP contribution in [0.4, 0.5) is 0 Å². The van der Waals surface area contributed by atoms with Crippen LogP contribution in [0.2, 0.25) is 0 Å². The zero-order valence-corrected chi connectivity index (χ0v) is 15.9. The van der Waals surface area contributed by atoms with Gasteiger partial charge in [0.2, 0.25) is 0 Å². The van der Waals surface area contributed by atoms with Gasteiger partial charge in [0.1, 0.15) is 5.58 Å². The number of benzene rings is 2. The molecule has 148 valence electrons. The summed E-state index contributed by atoms with van der Waals surface area (Å²) in [4.78, 5) is 15.5. The minimum Gasteiger partial charge on any atom is -0.493 e. The molecule has 1 heterocycles. The zero-order valence-electron chi connectivity index (χ0n) is 15.9. The topological polar surface area (TPSA) is 105 Å². The largest absolute Gasteiger partial charge is 0.493 e. The lowest BCUT2D eigenvalue weighted by atomic mass is 9.71. The third-order valence-corrected chi connectivity index (χ3v) is 5.36. The van der Waals surface area contributed by atoms with E-state index in [-0.39, 0.29) is 0 Å². The molecule has 2 N–H and O–H groups in total. The molecule has 0 fully saturated rings. The number of nitriles is 1. The molecule has 7 heteroatoms. The lowest BCUT2D eigenvalue weighted by molar-refractivity contribution is -0.144. The Hall–Kier alpha value is -3.50. The summed E-state index contributed by atoms with van der Waals surface area (Å²) in [7, 11) is 1.60. The maximum Gasteiger partial charge on any atom is 0.332 e. The van der Waals surface area contributed by atoms with Crippen molar-refractivity contribution in [3.63, 3.8) is 0 Å². The van der Waals surface area contributed by atoms with Gasteiger partial charge in [0.25, 0.3) is 0 Å². The maximum absolute atomic E-state index is 10.6. The smallest absolute Gasteiger partial charge is 0.332 e. The normalized spacial score (nSPS) is 19.0. The summed E-state index contributed by atoms with van der Waals surface area (Å²) in [5.74, 6) is -0.420. The molecule has 7 nitrogen and oxygen atoms in total. The van der Waals surface area contributed by atoms with E-state index in [9.17, 15) is 10.1 Å². The molecule has 0 aliphatic heterocycles. The number of aliphatic carboxylic acids is 1. The first-order valence-corrected chi connectivity index (χ1v) is 9.26. The molecule has 1 aliphatic rings. The van der Waals surface area contributed by atoms with Gasteiger partial charge in [0.05, 0.1) is 18.6 Å². The van der Waals surface area contributed by atoms with Crippen LogP contribution >= 0.6 is 0 Å². The third-order valence-electron chi connectivity index (χ3n) is 5.36. The molecule has 0 saturated heterocycles. The van der Waals surface area contributed by atoms with Gasteiger partial charge in [0.15, 0.2) is 17.9 Å². The van der Waals surface area contributed by atoms with Crippen molar-refractivity contribution < 1.29 is 23.9 Å². The first-order valence-electron chi connectivity index (χ1n) is 9.26. The molecule has 0 saturated carbocycles. The number of fused-ring (bicyclic) bond motifs is 3. The van der Waals surface area contributed by atoms with E-state index in [0.717, 1.165) is 27.6 Å². The Morgan fingerprint density at radius 1 is 1.34 bits per heavy atom. The lowest BCUT2D eigenvalue weighted by Gasteiger charge is -2.31. The van der Waals surface area contributed by atoms with Gasteiger partial charge in [-0.3, -0.25) is 10.3 Å². The highest BCUT2D eigenvalue weighted by atomic mass is 16.7. The molecule has 2 aromatic carbocycles. The summed E-state index contributed by atoms with van der Waals surface area (Å²) >= 11 is 0. The summed E-state index contributed by atoms with van der Waals surface area (Å²) in [5.41, 5.74) is 5.02. The molecule has 1 aliphatic carbocycles. The number of rotatable bonds is 6. The summed E-state index contributed by atoms with van der Waals surface area (Å²) < 4.78 is 11.5. The number of hydroxylamine groups is 1. The number of carboxylic acid groups (broad SMARTS) is 1. The first-order chi connectivity index (χ1) is 14.1. The lowest BCUT2D eigenvalue weighted by Crippen LogP contribution is -2.30. The number of allylic oxidation sites excluding steroid dienone is 2. The minimum atomic E-state index is -1.05. The van der Waals surface area contributed by atoms with Crippen molar-refractivity contribution in [1.29, 1.82) is 5.26 Å². The molecule has 3 aromatic rings. The molecular weight excluding hydrogens is 372 g/mol. The fourth-order valence-electron chi connectivity index (χ4n) is 3.90. The summed E-state index contributed by atoms with van der Waals surface area (Å²) in [6.45, 7) is -0.430. The fourth-order valence-corrected chi connectivity index (χ4v) is 3.90. The van der Waals surface area contributed by atoms with Crippen LogP contribution in [-0.2, 0) is 15.0 Å². The molecule has 0 radical (unpaired) electrons. The van der Waals surface area contributed by atoms with Crippen LogP contribution in [0.15, 0.2) is 52.6 Å². The fraction of sp³-hybridized carbons (Fsp3) is 0.273. The highest BCUT2D eigenvalue weighted by Gasteiger charge is 2.37. The summed E-state index contributed by atoms with van der Waals surface area (Å²) in [5, 5.41) is 20.7. The number of nitrogens with one attached hydrogen (secondary N) is 1. The monoisotopic (exact) mass is 392 g/mol. The maximum atomic E-state index is 10.6. The Bertz CT molecular complexity index is 1160. The zero-order chi connectivity index (χ0) is 20.4. The Labute approximate surface area is 167 Å². The predicted octanol–water partition coefficient (Wildman–Crippen LogP) is 4.03. The SMILES string of the molecule is COc1ccc(C2(C#N)CC=C(NOCC(=O)O)CC2)c2c1oc1ccccc12. The van der Waals surface area contributed by atoms with Gasteiger partial charge in [-0.25, -0.2) is 4.79 Å². The number of furan rings is 1. The van der Waals surface area contributed by atoms with Gasteiger partial charge in [-0.1, -0.05) is 30.3 Å². The molecule has 1 atom stereocenters. The summed E-state index contributed by atoms with van der Waals surface area (Å²) in [6, 6.07) is 14.1. The second-order valence-corrected chi connectivity index (χ2v) is 7.03. The van der Waals surface area contributed by atoms with Gasteiger partial charge in [-0.2, -0.15) is 5.26 Å². The van der Waals surface area contributed by atoms with Crippen LogP contribution in [0, 0.1) is 11.3 Å². The van der Waals surface area contributed by atoms with Crippen molar-refractivity contribution in [2.45, 2.75) is 24.7 Å². The van der Waals surface area contributed by atoms with E-state index in [1.54, 1.807) is 7.11 Å². The molecule has 1 unspecified atom stereocenters. The quantitative estimate of drug-likeness (QED) is 0.610. The van der Waals surface area contributed by atoms with E-state index < -0.39 is 18.0 Å². The Morgan fingerprint density at radius 2 is 2.17 bits per heavy atom. The van der Waals surface area contributed by atoms with Crippen LogP contribution in [0.5, 0.6) is 5.75 Å². The van der Waals surface area contributed by atoms with Gasteiger partial charge in [-0.15, -0.1) is 0 Å². The van der Waals surface area contributed by atoms with E-state index in [2.05, 4.69) is 11.5 Å². The number of para-hydroxylation sites is 1. The van der Waals surface area contributed by atoms with Crippen LogP contribution in [0.3, 0.4) is 0 Å². The average molecular weight is 392 g/mol. The number of hydrogen-bond donors (Lipinski definition) is 2. The molecule has 0 spiro atoms. The molecule has 1 aromatic heterocycles. The number of hydrogen-bond acceptors (Lipinski definition) is 6. The Kier molecular flexibility index (Phi) is 4.87. The van der Waals surface area contributed by atoms with E-state index in [0.29, 0.717) is 30.6 Å². The molecule has 0 amide bonds. The van der Waals surface area contributed by atoms with Crippen molar-refractivity contribution in [2.24, 2.45) is 0 Å². The predicted molar refractivity (Wildman–Crippen MR) is 106 cm³/mol. The second kappa shape index (κ2) is 7.49. The highest BCUT2D eigenvalue weighted by Crippen LogP contribution is 2.46. The standard InChI is InChI=1S/C22H20N2O5/c1-27-18-7-6-16(20-15-4-2-3-5-17(15)29-21(18)20)22(13-23)10-8-14(9-11-22)24-28-12-19(25)26/h2-8,24H,9-12H2,1H3,(H,25,26). The minimum absolute atomic E-state index is 0.430. The van der Waals surface area contributed by atoms with Crippen LogP contribution < -0.4 is 10.2 Å². The number of carbonyl (C=O) groups is 1. The molecule has 4 rings (SSSR count). The first kappa shape index (κ1) is 18.8. The van der Waals surface area contributed by atoms with Crippen molar-refractivity contribution in [3.8, 4) is 11.8 Å². The average Bonchev–Trinajstić information content (AvgIpc) is 3.13. The van der Waals surface area contributed by atoms with Crippen LogP contribution in [-0.4, -0.2) is 24.8 Å². The van der Waals surface area contributed by atoms with Crippen molar-refractivity contribution in [3.05, 3.63) is 53.7 Å². The Morgan fingerprint density at radius 3 is 2.86 bits per heavy atom. The van der Waals surface area contributed by atoms with Crippen molar-refractivity contribution in [1.82, 2.24) is 5.48 Å². The van der Waals surface area contributed by atoms with Gasteiger partial charge in [0, 0.05) is 16.5 Å². The van der Waals surface area contributed by atoms with Crippen molar-refractivity contribution >= 4 is 27.9 Å². The van der Waals surface area contributed by atoms with Crippen LogP contribution in [0.25, 0.3) is 21.9 Å². The van der Waals surface area contributed by atoms with Gasteiger partial charge in [-0.05, 0) is 37.0 Å². The van der Waals surface area contributed by atoms with Crippen LogP contribution in [0.1, 0.15) is 24.8 Å². The summed E-state index contributed by atoms with van der Waals surface area (Å²) in [6.07, 6.45) is 3.51. The van der Waals surface area contributed by atoms with E-state index >= 15 is 0 Å². The highest BCUT2D eigenvalue weighted by molar-refractivity contribution is 6.09. The number of nitrogens with zero attached hydrogens (tertiary/aromatic N) is 1. The number of ether oxygens (including phenoxy) is 1. The number of carboxylic acids is 1. The van der Waals surface area contributed by atoms with Gasteiger partial charge >= 0.3 is 5.97 Å².